The van der Waals surface area contributed by atoms with Crippen LogP contribution in [0.1, 0.15) is 258 Å². The number of hydrogen-bond acceptors (Lipinski definition) is 8. The Hall–Kier alpha value is -3.07. The van der Waals surface area contributed by atoms with Crippen LogP contribution in [0.5, 0.6) is 0 Å². The number of rotatable bonds is 55. The number of phosphoric acid groups is 1. The Morgan fingerprint density at radius 2 is 0.753 bits per heavy atom. The molecule has 3 N–H and O–H groups in total. The molecule has 0 aliphatic heterocycles. The highest BCUT2D eigenvalue weighted by Gasteiger charge is 2.26. The number of nitrogens with two attached hydrogens (primary N) is 1. The standard InChI is InChI=1S/C63H110NO8P/c1-3-5-7-9-11-13-15-17-19-21-23-25-27-28-29-30-31-32-34-35-37-39-41-43-45-47-49-51-53-55-62(65)69-59-61(60-71-73(67,68)70-58-57-64)72-63(66)56-54-52-50-48-46-44-42-40-38-36-33-26-24-22-20-18-16-14-12-10-8-6-4-2/h6,8,12,14-15,17-18,20-21,23-24,26,36,38,42,44,61H,3-5,7,9-11,13,16,19,22,25,27-35,37,39-41,43,45-60,64H2,1-2H3,(H,67,68)/b8-6-,14-12-,17-15-,20-18-,23-21-,26-24-,38-36-,44-42-. The Kier molecular flexibility index (Phi) is 55.7. The fraction of sp³-hybridized carbons (Fsp3) is 0.714. The molecule has 0 radical (unpaired) electrons. The first-order valence-corrected chi connectivity index (χ1v) is 31.2. The molecule has 0 saturated heterocycles. The molecule has 2 unspecified atom stereocenters. The number of ether oxygens (including phenoxy) is 2. The Bertz CT molecular complexity index is 1510. The molecule has 0 aliphatic carbocycles. The van der Waals surface area contributed by atoms with Gasteiger partial charge in [0.05, 0.1) is 13.2 Å². The lowest BCUT2D eigenvalue weighted by Crippen LogP contribution is -2.29. The molecule has 0 rings (SSSR count). The predicted octanol–water partition coefficient (Wildman–Crippen LogP) is 18.8. The zero-order chi connectivity index (χ0) is 53.1. The van der Waals surface area contributed by atoms with Crippen molar-refractivity contribution in [2.24, 2.45) is 5.73 Å². The number of carbonyl (C=O) groups is 2. The maximum absolute atomic E-state index is 12.7. The molecule has 0 aromatic rings. The van der Waals surface area contributed by atoms with E-state index >= 15 is 0 Å². The lowest BCUT2D eigenvalue weighted by Gasteiger charge is -2.19. The van der Waals surface area contributed by atoms with Crippen LogP contribution in [0.4, 0.5) is 0 Å². The summed E-state index contributed by atoms with van der Waals surface area (Å²) in [4.78, 5) is 35.2. The fourth-order valence-electron chi connectivity index (χ4n) is 8.08. The molecule has 9 nitrogen and oxygen atoms in total. The van der Waals surface area contributed by atoms with Gasteiger partial charge in [-0.25, -0.2) is 4.57 Å². The van der Waals surface area contributed by atoms with E-state index in [2.05, 4.69) is 111 Å². The molecule has 420 valence electrons. The van der Waals surface area contributed by atoms with Gasteiger partial charge < -0.3 is 20.1 Å². The number of allylic oxidation sites excluding steroid dienone is 16. The smallest absolute Gasteiger partial charge is 0.462 e. The number of carbonyl (C=O) groups excluding carboxylic acids is 2. The fourth-order valence-corrected chi connectivity index (χ4v) is 8.85. The van der Waals surface area contributed by atoms with Crippen LogP contribution in [-0.2, 0) is 32.7 Å². The first kappa shape index (κ1) is 69.9. The van der Waals surface area contributed by atoms with Crippen molar-refractivity contribution in [2.75, 3.05) is 26.4 Å². The topological polar surface area (TPSA) is 134 Å². The Morgan fingerprint density at radius 1 is 0.425 bits per heavy atom. The van der Waals surface area contributed by atoms with Crippen LogP contribution in [0.2, 0.25) is 0 Å². The summed E-state index contributed by atoms with van der Waals surface area (Å²) >= 11 is 0. The zero-order valence-electron chi connectivity index (χ0n) is 46.8. The minimum absolute atomic E-state index is 0.0447. The van der Waals surface area contributed by atoms with Crippen LogP contribution in [-0.4, -0.2) is 49.3 Å². The monoisotopic (exact) mass is 1040 g/mol. The molecule has 0 amide bonds. The lowest BCUT2D eigenvalue weighted by atomic mass is 10.0. The van der Waals surface area contributed by atoms with E-state index in [4.69, 9.17) is 24.3 Å². The highest BCUT2D eigenvalue weighted by molar-refractivity contribution is 7.47. The highest BCUT2D eigenvalue weighted by Crippen LogP contribution is 2.43. The molecule has 0 aromatic carbocycles. The van der Waals surface area contributed by atoms with E-state index < -0.39 is 26.5 Å². The minimum atomic E-state index is -4.40. The van der Waals surface area contributed by atoms with E-state index in [0.717, 1.165) is 89.9 Å². The molecule has 0 bridgehead atoms. The summed E-state index contributed by atoms with van der Waals surface area (Å²) in [7, 11) is -4.40. The molecule has 73 heavy (non-hydrogen) atoms. The van der Waals surface area contributed by atoms with E-state index in [-0.39, 0.29) is 38.6 Å². The van der Waals surface area contributed by atoms with Gasteiger partial charge in [-0.2, -0.15) is 0 Å². The quantitative estimate of drug-likeness (QED) is 0.0264. The molecule has 0 saturated carbocycles. The van der Waals surface area contributed by atoms with Gasteiger partial charge in [0.1, 0.15) is 6.61 Å². The number of unbranched alkanes of at least 4 members (excludes halogenated alkanes) is 26. The molecule has 10 heteroatoms. The van der Waals surface area contributed by atoms with Crippen molar-refractivity contribution in [3.05, 3.63) is 97.2 Å². The van der Waals surface area contributed by atoms with E-state index in [0.29, 0.717) is 6.42 Å². The first-order valence-electron chi connectivity index (χ1n) is 29.7. The second kappa shape index (κ2) is 58.2. The average Bonchev–Trinajstić information content (AvgIpc) is 3.38. The maximum atomic E-state index is 12.7. The summed E-state index contributed by atoms with van der Waals surface area (Å²) in [6.45, 7) is 3.60. The minimum Gasteiger partial charge on any atom is -0.462 e. The van der Waals surface area contributed by atoms with Gasteiger partial charge >= 0.3 is 19.8 Å². The van der Waals surface area contributed by atoms with Gasteiger partial charge in [-0.3, -0.25) is 18.6 Å². The van der Waals surface area contributed by atoms with Crippen molar-refractivity contribution < 1.29 is 37.6 Å². The number of esters is 2. The summed E-state index contributed by atoms with van der Waals surface area (Å²) in [5.41, 5.74) is 5.38. The molecule has 0 fully saturated rings. The van der Waals surface area contributed by atoms with Crippen LogP contribution in [0.15, 0.2) is 97.2 Å². The van der Waals surface area contributed by atoms with Crippen molar-refractivity contribution in [1.29, 1.82) is 0 Å². The van der Waals surface area contributed by atoms with E-state index in [1.165, 1.54) is 135 Å². The van der Waals surface area contributed by atoms with Crippen molar-refractivity contribution in [3.8, 4) is 0 Å². The van der Waals surface area contributed by atoms with Crippen LogP contribution in [0.25, 0.3) is 0 Å². The Morgan fingerprint density at radius 3 is 1.12 bits per heavy atom. The summed E-state index contributed by atoms with van der Waals surface area (Å²) in [5.74, 6) is -0.856. The summed E-state index contributed by atoms with van der Waals surface area (Å²) < 4.78 is 33.0. The highest BCUT2D eigenvalue weighted by atomic mass is 31.2. The summed E-state index contributed by atoms with van der Waals surface area (Å²) in [5, 5.41) is 0. The molecular weight excluding hydrogens is 930 g/mol. The van der Waals surface area contributed by atoms with Gasteiger partial charge in [-0.05, 0) is 96.3 Å². The summed E-state index contributed by atoms with van der Waals surface area (Å²) in [6, 6.07) is 0. The van der Waals surface area contributed by atoms with Crippen molar-refractivity contribution in [2.45, 2.75) is 264 Å². The van der Waals surface area contributed by atoms with Gasteiger partial charge in [-0.15, -0.1) is 0 Å². The van der Waals surface area contributed by atoms with Gasteiger partial charge in [0.15, 0.2) is 6.10 Å². The molecule has 0 spiro atoms. The van der Waals surface area contributed by atoms with Crippen LogP contribution in [0.3, 0.4) is 0 Å². The van der Waals surface area contributed by atoms with Gasteiger partial charge in [0.25, 0.3) is 0 Å². The maximum Gasteiger partial charge on any atom is 0.472 e. The third-order valence-corrected chi connectivity index (χ3v) is 13.4. The molecule has 0 heterocycles. The van der Waals surface area contributed by atoms with E-state index in [9.17, 15) is 19.0 Å². The normalized spacial score (nSPS) is 13.8. The molecule has 0 aromatic heterocycles. The van der Waals surface area contributed by atoms with E-state index in [1.54, 1.807) is 0 Å². The van der Waals surface area contributed by atoms with Crippen molar-refractivity contribution in [1.82, 2.24) is 0 Å². The van der Waals surface area contributed by atoms with Crippen molar-refractivity contribution >= 4 is 19.8 Å². The third-order valence-electron chi connectivity index (χ3n) is 12.5. The summed E-state index contributed by atoms with van der Waals surface area (Å²) in [6.07, 6.45) is 77.5. The lowest BCUT2D eigenvalue weighted by molar-refractivity contribution is -0.161. The van der Waals surface area contributed by atoms with Crippen LogP contribution >= 0.6 is 7.82 Å². The predicted molar refractivity (Wildman–Crippen MR) is 312 cm³/mol. The molecule has 2 atom stereocenters. The second-order valence-electron chi connectivity index (χ2n) is 19.5. The third kappa shape index (κ3) is 58.1. The Labute approximate surface area is 448 Å². The number of phosphoric ester groups is 1. The largest absolute Gasteiger partial charge is 0.472 e. The Balaban J connectivity index is 4.00. The van der Waals surface area contributed by atoms with Gasteiger partial charge in [0.2, 0.25) is 0 Å². The zero-order valence-corrected chi connectivity index (χ0v) is 47.7. The van der Waals surface area contributed by atoms with Crippen LogP contribution in [0, 0.1) is 0 Å². The number of hydrogen-bond donors (Lipinski definition) is 2. The first-order chi connectivity index (χ1) is 35.8. The van der Waals surface area contributed by atoms with Gasteiger partial charge in [0, 0.05) is 19.4 Å². The second-order valence-corrected chi connectivity index (χ2v) is 20.9. The average molecular weight is 1040 g/mol. The molecule has 0 aliphatic rings. The molecular formula is C63H110NO8P. The van der Waals surface area contributed by atoms with Crippen molar-refractivity contribution in [3.63, 3.8) is 0 Å². The van der Waals surface area contributed by atoms with E-state index in [1.807, 2.05) is 0 Å². The van der Waals surface area contributed by atoms with Crippen LogP contribution < -0.4 is 5.73 Å². The van der Waals surface area contributed by atoms with Gasteiger partial charge in [-0.1, -0.05) is 246 Å². The SMILES string of the molecule is CC/C=C\C/C=C\C/C=C\C/C=C\C/C=C\C/C=C\CCCCCCC(=O)OC(COC(=O)CCCCCCCCCCCCCCCCCCC/C=C\C/C=C\CCCCCCC)COP(=O)(O)OCCN.